The summed E-state index contributed by atoms with van der Waals surface area (Å²) in [6, 6.07) is 7.74. The number of amides is 1. The van der Waals surface area contributed by atoms with E-state index in [0.29, 0.717) is 13.1 Å². The Hall–Kier alpha value is -1.55. The Morgan fingerprint density at radius 2 is 2.00 bits per heavy atom. The number of aliphatic hydroxyl groups is 1. The number of carbonyl (C=O) groups excluding carboxylic acids is 1. The third-order valence-electron chi connectivity index (χ3n) is 2.70. The summed E-state index contributed by atoms with van der Waals surface area (Å²) in [6.07, 6.45) is -0.514. The molecular weight excluding hydrogens is 204 g/mol. The average molecular weight is 220 g/mol. The van der Waals surface area contributed by atoms with E-state index in [-0.39, 0.29) is 5.91 Å². The molecule has 0 saturated heterocycles. The normalized spacial score (nSPS) is 17.3. The third kappa shape index (κ3) is 1.88. The van der Waals surface area contributed by atoms with E-state index in [2.05, 4.69) is 0 Å². The van der Waals surface area contributed by atoms with Crippen molar-refractivity contribution in [1.29, 1.82) is 0 Å². The zero-order valence-corrected chi connectivity index (χ0v) is 9.55. The fourth-order valence-corrected chi connectivity index (χ4v) is 1.99. The van der Waals surface area contributed by atoms with Gasteiger partial charge in [-0.1, -0.05) is 12.1 Å². The molecule has 1 N–H and O–H groups in total. The molecule has 1 amide bonds. The molecule has 0 fully saturated rings. The van der Waals surface area contributed by atoms with Gasteiger partial charge in [0.25, 0.3) is 0 Å². The topological polar surface area (TPSA) is 43.8 Å². The van der Waals surface area contributed by atoms with Gasteiger partial charge in [0.1, 0.15) is 0 Å². The van der Waals surface area contributed by atoms with E-state index in [4.69, 9.17) is 0 Å². The molecule has 16 heavy (non-hydrogen) atoms. The van der Waals surface area contributed by atoms with Crippen LogP contribution >= 0.6 is 0 Å². The zero-order chi connectivity index (χ0) is 11.7. The number of hydrogen-bond donors (Lipinski definition) is 1. The van der Waals surface area contributed by atoms with Crippen molar-refractivity contribution in [2.24, 2.45) is 0 Å². The molecule has 86 valence electrons. The van der Waals surface area contributed by atoms with Crippen LogP contribution in [0.2, 0.25) is 0 Å². The Morgan fingerprint density at radius 3 is 2.62 bits per heavy atom. The van der Waals surface area contributed by atoms with Gasteiger partial charge in [-0.2, -0.15) is 0 Å². The number of hydrogen-bond acceptors (Lipinski definition) is 3. The SMILES string of the molecule is CC(O)CN1C(=O)CN(C)c2ccccc21. The van der Waals surface area contributed by atoms with Crippen molar-refractivity contribution in [2.75, 3.05) is 29.9 Å². The monoisotopic (exact) mass is 220 g/mol. The Balaban J connectivity index is 2.39. The van der Waals surface area contributed by atoms with Crippen molar-refractivity contribution in [3.63, 3.8) is 0 Å². The molecule has 0 aromatic heterocycles. The lowest BCUT2D eigenvalue weighted by Gasteiger charge is -2.35. The lowest BCUT2D eigenvalue weighted by atomic mass is 10.1. The summed E-state index contributed by atoms with van der Waals surface area (Å²) in [7, 11) is 1.90. The zero-order valence-electron chi connectivity index (χ0n) is 9.55. The van der Waals surface area contributed by atoms with Crippen molar-refractivity contribution < 1.29 is 9.90 Å². The number of likely N-dealkylation sites (N-methyl/N-ethyl adjacent to an activating group) is 1. The van der Waals surface area contributed by atoms with Crippen molar-refractivity contribution in [3.8, 4) is 0 Å². The fraction of sp³-hybridized carbons (Fsp3) is 0.417. The number of β-amino-alcohol motifs (C(OH)–C–C–N with tert-alkyl or cyclic N) is 1. The first-order valence-corrected chi connectivity index (χ1v) is 5.38. The van der Waals surface area contributed by atoms with Gasteiger partial charge in [-0.15, -0.1) is 0 Å². The summed E-state index contributed by atoms with van der Waals surface area (Å²) in [5, 5.41) is 9.41. The maximum Gasteiger partial charge on any atom is 0.246 e. The van der Waals surface area contributed by atoms with Crippen LogP contribution in [0, 0.1) is 0 Å². The van der Waals surface area contributed by atoms with Crippen molar-refractivity contribution >= 4 is 17.3 Å². The predicted molar refractivity (Wildman–Crippen MR) is 63.7 cm³/mol. The molecule has 1 unspecified atom stereocenters. The minimum absolute atomic E-state index is 0.0297. The molecular formula is C12H16N2O2. The van der Waals surface area contributed by atoms with Crippen LogP contribution in [0.1, 0.15) is 6.92 Å². The van der Waals surface area contributed by atoms with Gasteiger partial charge in [-0.3, -0.25) is 4.79 Å². The van der Waals surface area contributed by atoms with Gasteiger partial charge >= 0.3 is 0 Å². The highest BCUT2D eigenvalue weighted by Gasteiger charge is 2.27. The van der Waals surface area contributed by atoms with Crippen LogP contribution in [-0.4, -0.2) is 37.3 Å². The number of nitrogens with zero attached hydrogens (tertiary/aromatic N) is 2. The molecule has 1 aromatic rings. The van der Waals surface area contributed by atoms with Gasteiger partial charge in [-0.05, 0) is 19.1 Å². The molecule has 4 nitrogen and oxygen atoms in total. The summed E-state index contributed by atoms with van der Waals surface area (Å²) in [6.45, 7) is 2.40. The van der Waals surface area contributed by atoms with Gasteiger partial charge in [0.2, 0.25) is 5.91 Å². The number of anilines is 2. The molecule has 0 spiro atoms. The summed E-state index contributed by atoms with van der Waals surface area (Å²) in [5.41, 5.74) is 1.91. The minimum Gasteiger partial charge on any atom is -0.392 e. The molecule has 1 aliphatic rings. The highest BCUT2D eigenvalue weighted by atomic mass is 16.3. The van der Waals surface area contributed by atoms with Gasteiger partial charge in [0.05, 0.1) is 30.6 Å². The van der Waals surface area contributed by atoms with Crippen LogP contribution < -0.4 is 9.80 Å². The van der Waals surface area contributed by atoms with E-state index in [9.17, 15) is 9.90 Å². The highest BCUT2D eigenvalue weighted by molar-refractivity contribution is 6.03. The molecule has 2 rings (SSSR count). The molecule has 0 aliphatic carbocycles. The van der Waals surface area contributed by atoms with Gasteiger partial charge in [-0.25, -0.2) is 0 Å². The Morgan fingerprint density at radius 1 is 1.38 bits per heavy atom. The van der Waals surface area contributed by atoms with E-state index in [0.717, 1.165) is 11.4 Å². The van der Waals surface area contributed by atoms with Crippen molar-refractivity contribution in [1.82, 2.24) is 0 Å². The Bertz CT molecular complexity index is 404. The number of rotatable bonds is 2. The molecule has 0 radical (unpaired) electrons. The number of fused-ring (bicyclic) bond motifs is 1. The second kappa shape index (κ2) is 4.14. The lowest BCUT2D eigenvalue weighted by Crippen LogP contribution is -2.46. The van der Waals surface area contributed by atoms with Crippen LogP contribution in [0.25, 0.3) is 0 Å². The lowest BCUT2D eigenvalue weighted by molar-refractivity contribution is -0.117. The van der Waals surface area contributed by atoms with Crippen LogP contribution in [0.4, 0.5) is 11.4 Å². The van der Waals surface area contributed by atoms with Gasteiger partial charge < -0.3 is 14.9 Å². The first-order valence-electron chi connectivity index (χ1n) is 5.38. The Labute approximate surface area is 95.1 Å². The van der Waals surface area contributed by atoms with E-state index < -0.39 is 6.10 Å². The van der Waals surface area contributed by atoms with Crippen LogP contribution in [0.3, 0.4) is 0 Å². The molecule has 1 atom stereocenters. The second-order valence-electron chi connectivity index (χ2n) is 4.20. The molecule has 4 heteroatoms. The molecule has 1 aromatic carbocycles. The smallest absolute Gasteiger partial charge is 0.246 e. The standard InChI is InChI=1S/C12H16N2O2/c1-9(15)7-14-11-6-4-3-5-10(11)13(2)8-12(14)16/h3-6,9,15H,7-8H2,1-2H3. The maximum absolute atomic E-state index is 11.9. The number of para-hydroxylation sites is 2. The molecule has 0 saturated carbocycles. The van der Waals surface area contributed by atoms with E-state index in [1.165, 1.54) is 0 Å². The summed E-state index contributed by atoms with van der Waals surface area (Å²) in [4.78, 5) is 15.5. The number of aliphatic hydroxyl groups excluding tert-OH is 1. The number of benzene rings is 1. The number of carbonyl (C=O) groups is 1. The largest absolute Gasteiger partial charge is 0.392 e. The van der Waals surface area contributed by atoms with Crippen molar-refractivity contribution in [3.05, 3.63) is 24.3 Å². The fourth-order valence-electron chi connectivity index (χ4n) is 1.99. The van der Waals surface area contributed by atoms with E-state index in [1.54, 1.807) is 11.8 Å². The maximum atomic E-state index is 11.9. The minimum atomic E-state index is -0.514. The van der Waals surface area contributed by atoms with Crippen LogP contribution in [-0.2, 0) is 4.79 Å². The highest BCUT2D eigenvalue weighted by Crippen LogP contribution is 2.32. The van der Waals surface area contributed by atoms with Crippen molar-refractivity contribution in [2.45, 2.75) is 13.0 Å². The second-order valence-corrected chi connectivity index (χ2v) is 4.20. The summed E-state index contributed by atoms with van der Waals surface area (Å²) >= 11 is 0. The average Bonchev–Trinajstić information content (AvgIpc) is 2.24. The molecule has 1 heterocycles. The van der Waals surface area contributed by atoms with E-state index in [1.807, 2.05) is 36.2 Å². The summed E-state index contributed by atoms with van der Waals surface area (Å²) < 4.78 is 0. The van der Waals surface area contributed by atoms with Crippen LogP contribution in [0.5, 0.6) is 0 Å². The first kappa shape index (κ1) is 11.0. The third-order valence-corrected chi connectivity index (χ3v) is 2.70. The van der Waals surface area contributed by atoms with Gasteiger partial charge in [0.15, 0.2) is 0 Å². The Kier molecular flexibility index (Phi) is 2.83. The molecule has 0 bridgehead atoms. The van der Waals surface area contributed by atoms with Crippen LogP contribution in [0.15, 0.2) is 24.3 Å². The summed E-state index contributed by atoms with van der Waals surface area (Å²) in [5.74, 6) is 0.0297. The van der Waals surface area contributed by atoms with Gasteiger partial charge in [0, 0.05) is 7.05 Å². The first-order chi connectivity index (χ1) is 7.59. The predicted octanol–water partition coefficient (Wildman–Crippen LogP) is 0.850. The quantitative estimate of drug-likeness (QED) is 0.803. The molecule has 1 aliphatic heterocycles. The van der Waals surface area contributed by atoms with E-state index >= 15 is 0 Å².